The van der Waals surface area contributed by atoms with E-state index in [0.717, 1.165) is 11.3 Å². The standard InChI is InChI=1S/C17H16FNO2S/c1-21-13-8-6-12(7-9-13)10-19-16(20)11-22-17(19)14-4-2-3-5-15(14)18/h2-9,17H,10-11H2,1H3/t17-/m1/s1. The highest BCUT2D eigenvalue weighted by Gasteiger charge is 2.34. The smallest absolute Gasteiger partial charge is 0.234 e. The Kier molecular flexibility index (Phi) is 4.34. The highest BCUT2D eigenvalue weighted by molar-refractivity contribution is 8.00. The summed E-state index contributed by atoms with van der Waals surface area (Å²) < 4.78 is 19.1. The summed E-state index contributed by atoms with van der Waals surface area (Å²) in [6.45, 7) is 0.467. The van der Waals surface area contributed by atoms with E-state index in [9.17, 15) is 9.18 Å². The fraction of sp³-hybridized carbons (Fsp3) is 0.235. The lowest BCUT2D eigenvalue weighted by atomic mass is 10.1. The van der Waals surface area contributed by atoms with Gasteiger partial charge in [0.25, 0.3) is 0 Å². The van der Waals surface area contributed by atoms with E-state index in [1.165, 1.54) is 17.8 Å². The number of thioether (sulfide) groups is 1. The molecular weight excluding hydrogens is 301 g/mol. The van der Waals surface area contributed by atoms with Crippen LogP contribution in [0.4, 0.5) is 4.39 Å². The Morgan fingerprint density at radius 1 is 1.23 bits per heavy atom. The first-order valence-corrected chi connectivity index (χ1v) is 8.02. The quantitative estimate of drug-likeness (QED) is 0.863. The van der Waals surface area contributed by atoms with Gasteiger partial charge in [-0.3, -0.25) is 4.79 Å². The minimum absolute atomic E-state index is 0.0362. The average molecular weight is 317 g/mol. The highest BCUT2D eigenvalue weighted by atomic mass is 32.2. The van der Waals surface area contributed by atoms with E-state index >= 15 is 0 Å². The summed E-state index contributed by atoms with van der Waals surface area (Å²) in [6.07, 6.45) is 0. The third-order valence-corrected chi connectivity index (χ3v) is 4.89. The van der Waals surface area contributed by atoms with Gasteiger partial charge in [0.15, 0.2) is 0 Å². The molecule has 1 aliphatic rings. The van der Waals surface area contributed by atoms with Crippen molar-refractivity contribution in [2.24, 2.45) is 0 Å². The zero-order chi connectivity index (χ0) is 15.5. The number of nitrogens with zero attached hydrogens (tertiary/aromatic N) is 1. The number of amides is 1. The molecule has 2 aromatic rings. The van der Waals surface area contributed by atoms with Crippen LogP contribution in [-0.2, 0) is 11.3 Å². The third-order valence-electron chi connectivity index (χ3n) is 3.65. The lowest BCUT2D eigenvalue weighted by Crippen LogP contribution is -2.28. The van der Waals surface area contributed by atoms with Crippen LogP contribution in [-0.4, -0.2) is 23.7 Å². The van der Waals surface area contributed by atoms with Crippen molar-refractivity contribution in [1.82, 2.24) is 4.90 Å². The second kappa shape index (κ2) is 6.40. The summed E-state index contributed by atoms with van der Waals surface area (Å²) in [5.41, 5.74) is 1.56. The van der Waals surface area contributed by atoms with Gasteiger partial charge in [-0.2, -0.15) is 0 Å². The molecule has 2 aromatic carbocycles. The van der Waals surface area contributed by atoms with Crippen LogP contribution in [0.3, 0.4) is 0 Å². The fourth-order valence-electron chi connectivity index (χ4n) is 2.49. The molecule has 0 bridgehead atoms. The first kappa shape index (κ1) is 14.9. The second-order valence-electron chi connectivity index (χ2n) is 5.05. The number of methoxy groups -OCH3 is 1. The van der Waals surface area contributed by atoms with E-state index in [1.807, 2.05) is 24.3 Å². The topological polar surface area (TPSA) is 29.5 Å². The van der Waals surface area contributed by atoms with Gasteiger partial charge in [-0.25, -0.2) is 4.39 Å². The summed E-state index contributed by atoms with van der Waals surface area (Å²) in [5.74, 6) is 0.926. The maximum Gasteiger partial charge on any atom is 0.234 e. The molecule has 5 heteroatoms. The summed E-state index contributed by atoms with van der Waals surface area (Å²) in [4.78, 5) is 13.9. The van der Waals surface area contributed by atoms with Gasteiger partial charge in [-0.1, -0.05) is 30.3 Å². The van der Waals surface area contributed by atoms with Crippen LogP contribution in [0.2, 0.25) is 0 Å². The van der Waals surface area contributed by atoms with Crippen LogP contribution in [0.25, 0.3) is 0 Å². The molecule has 0 unspecified atom stereocenters. The van der Waals surface area contributed by atoms with Crippen molar-refractivity contribution >= 4 is 17.7 Å². The van der Waals surface area contributed by atoms with Gasteiger partial charge in [0.2, 0.25) is 5.91 Å². The lowest BCUT2D eigenvalue weighted by molar-refractivity contribution is -0.128. The number of halogens is 1. The number of ether oxygens (including phenoxy) is 1. The zero-order valence-electron chi connectivity index (χ0n) is 12.2. The summed E-state index contributed by atoms with van der Waals surface area (Å²) in [6, 6.07) is 14.2. The van der Waals surface area contributed by atoms with Gasteiger partial charge in [-0.05, 0) is 23.8 Å². The van der Waals surface area contributed by atoms with Gasteiger partial charge < -0.3 is 9.64 Å². The lowest BCUT2D eigenvalue weighted by Gasteiger charge is -2.24. The van der Waals surface area contributed by atoms with E-state index in [4.69, 9.17) is 4.74 Å². The summed E-state index contributed by atoms with van der Waals surface area (Å²) in [5, 5.41) is -0.268. The molecule has 0 saturated carbocycles. The number of carbonyl (C=O) groups is 1. The largest absolute Gasteiger partial charge is 0.497 e. The molecule has 22 heavy (non-hydrogen) atoms. The Balaban J connectivity index is 1.83. The molecule has 1 heterocycles. The van der Waals surface area contributed by atoms with E-state index < -0.39 is 0 Å². The molecular formula is C17H16FNO2S. The molecule has 3 rings (SSSR count). The van der Waals surface area contributed by atoms with Crippen LogP contribution < -0.4 is 4.74 Å². The molecule has 1 fully saturated rings. The van der Waals surface area contributed by atoms with Crippen molar-refractivity contribution in [2.75, 3.05) is 12.9 Å². The molecule has 1 atom stereocenters. The molecule has 1 aliphatic heterocycles. The second-order valence-corrected chi connectivity index (χ2v) is 6.12. The minimum Gasteiger partial charge on any atom is -0.497 e. The van der Waals surface area contributed by atoms with Gasteiger partial charge >= 0.3 is 0 Å². The Hall–Kier alpha value is -2.01. The Morgan fingerprint density at radius 2 is 1.95 bits per heavy atom. The number of hydrogen-bond acceptors (Lipinski definition) is 3. The van der Waals surface area contributed by atoms with E-state index in [0.29, 0.717) is 17.9 Å². The monoisotopic (exact) mass is 317 g/mol. The third kappa shape index (κ3) is 2.95. The van der Waals surface area contributed by atoms with E-state index in [2.05, 4.69) is 0 Å². The highest BCUT2D eigenvalue weighted by Crippen LogP contribution is 2.40. The van der Waals surface area contributed by atoms with E-state index in [1.54, 1.807) is 30.2 Å². The number of rotatable bonds is 4. The fourth-order valence-corrected chi connectivity index (χ4v) is 3.69. The maximum absolute atomic E-state index is 14.0. The first-order chi connectivity index (χ1) is 10.7. The number of benzene rings is 2. The Labute approximate surface area is 133 Å². The zero-order valence-corrected chi connectivity index (χ0v) is 13.0. The van der Waals surface area contributed by atoms with Gasteiger partial charge in [0.1, 0.15) is 16.9 Å². The molecule has 0 radical (unpaired) electrons. The molecule has 0 aliphatic carbocycles. The maximum atomic E-state index is 14.0. The molecule has 0 aromatic heterocycles. The Bertz CT molecular complexity index is 675. The molecule has 1 amide bonds. The van der Waals surface area contributed by atoms with Crippen molar-refractivity contribution < 1.29 is 13.9 Å². The molecule has 1 saturated heterocycles. The molecule has 114 valence electrons. The molecule has 0 spiro atoms. The van der Waals surface area contributed by atoms with Crippen LogP contribution in [0.15, 0.2) is 48.5 Å². The molecule has 0 N–H and O–H groups in total. The van der Waals surface area contributed by atoms with Crippen molar-refractivity contribution in [3.63, 3.8) is 0 Å². The van der Waals surface area contributed by atoms with Crippen molar-refractivity contribution in [1.29, 1.82) is 0 Å². The summed E-state index contributed by atoms with van der Waals surface area (Å²) >= 11 is 1.46. The summed E-state index contributed by atoms with van der Waals surface area (Å²) in [7, 11) is 1.61. The van der Waals surface area contributed by atoms with Crippen molar-refractivity contribution in [3.8, 4) is 5.75 Å². The van der Waals surface area contributed by atoms with Gasteiger partial charge in [0.05, 0.1) is 12.9 Å². The minimum atomic E-state index is -0.269. The SMILES string of the molecule is COc1ccc(CN2C(=O)CS[C@@H]2c2ccccc2F)cc1. The predicted molar refractivity (Wildman–Crippen MR) is 85.1 cm³/mol. The number of hydrogen-bond donors (Lipinski definition) is 0. The van der Waals surface area contributed by atoms with E-state index in [-0.39, 0.29) is 17.1 Å². The first-order valence-electron chi connectivity index (χ1n) is 6.97. The van der Waals surface area contributed by atoms with Crippen LogP contribution in [0.5, 0.6) is 5.75 Å². The van der Waals surface area contributed by atoms with Crippen LogP contribution >= 0.6 is 11.8 Å². The number of carbonyl (C=O) groups excluding carboxylic acids is 1. The van der Waals surface area contributed by atoms with Crippen molar-refractivity contribution in [3.05, 3.63) is 65.5 Å². The van der Waals surface area contributed by atoms with Gasteiger partial charge in [-0.15, -0.1) is 11.8 Å². The van der Waals surface area contributed by atoms with Crippen LogP contribution in [0.1, 0.15) is 16.5 Å². The Morgan fingerprint density at radius 3 is 2.64 bits per heavy atom. The van der Waals surface area contributed by atoms with Crippen molar-refractivity contribution in [2.45, 2.75) is 11.9 Å². The van der Waals surface area contributed by atoms with Crippen LogP contribution in [0, 0.1) is 5.82 Å². The molecule has 3 nitrogen and oxygen atoms in total. The van der Waals surface area contributed by atoms with Gasteiger partial charge in [0, 0.05) is 12.1 Å². The normalized spacial score (nSPS) is 17.8. The predicted octanol–water partition coefficient (Wildman–Crippen LogP) is 3.61. The average Bonchev–Trinajstić information content (AvgIpc) is 2.90.